The van der Waals surface area contributed by atoms with E-state index in [9.17, 15) is 5.11 Å². The summed E-state index contributed by atoms with van der Waals surface area (Å²) in [6.45, 7) is 2.64. The molecular weight excluding hydrogens is 220 g/mol. The normalized spacial score (nSPS) is 28.5. The Hall–Kier alpha value is -0.940. The fourth-order valence-electron chi connectivity index (χ4n) is 1.93. The molecule has 1 aliphatic heterocycles. The molecule has 0 radical (unpaired) electrons. The highest BCUT2D eigenvalue weighted by atomic mass is 16.6. The van der Waals surface area contributed by atoms with Gasteiger partial charge in [0.1, 0.15) is 18.3 Å². The first kappa shape index (κ1) is 12.5. The fourth-order valence-corrected chi connectivity index (χ4v) is 1.93. The molecule has 0 aliphatic carbocycles. The Morgan fingerprint density at radius 1 is 1.41 bits per heavy atom. The van der Waals surface area contributed by atoms with E-state index < -0.39 is 12.2 Å². The zero-order valence-corrected chi connectivity index (χ0v) is 9.87. The van der Waals surface area contributed by atoms with Gasteiger partial charge in [0.2, 0.25) is 0 Å². The van der Waals surface area contributed by atoms with E-state index in [4.69, 9.17) is 14.6 Å². The van der Waals surface area contributed by atoms with Crippen molar-refractivity contribution in [2.75, 3.05) is 13.2 Å². The summed E-state index contributed by atoms with van der Waals surface area (Å²) >= 11 is 0. The van der Waals surface area contributed by atoms with E-state index in [0.717, 1.165) is 5.56 Å². The Bertz CT molecular complexity index is 366. The van der Waals surface area contributed by atoms with Crippen molar-refractivity contribution in [1.29, 1.82) is 0 Å². The molecule has 4 heteroatoms. The van der Waals surface area contributed by atoms with E-state index in [1.165, 1.54) is 5.56 Å². The third-order valence-electron chi connectivity index (χ3n) is 3.13. The number of aliphatic hydroxyl groups excluding tert-OH is 2. The molecular formula is C13H18O4. The molecule has 1 saturated heterocycles. The van der Waals surface area contributed by atoms with E-state index in [1.54, 1.807) is 0 Å². The van der Waals surface area contributed by atoms with Gasteiger partial charge in [0.05, 0.1) is 19.8 Å². The highest BCUT2D eigenvalue weighted by molar-refractivity contribution is 5.24. The first-order valence-electron chi connectivity index (χ1n) is 5.79. The van der Waals surface area contributed by atoms with Crippen molar-refractivity contribution in [3.05, 3.63) is 35.4 Å². The number of hydrogen-bond donors (Lipinski definition) is 2. The largest absolute Gasteiger partial charge is 0.394 e. The lowest BCUT2D eigenvalue weighted by Crippen LogP contribution is -2.34. The van der Waals surface area contributed by atoms with Crippen LogP contribution in [0.3, 0.4) is 0 Å². The second kappa shape index (κ2) is 5.60. The van der Waals surface area contributed by atoms with Gasteiger partial charge < -0.3 is 19.7 Å². The lowest BCUT2D eigenvalue weighted by molar-refractivity contribution is -0.0341. The van der Waals surface area contributed by atoms with Crippen molar-refractivity contribution in [3.63, 3.8) is 0 Å². The number of ether oxygens (including phenoxy) is 2. The van der Waals surface area contributed by atoms with E-state index in [-0.39, 0.29) is 12.7 Å². The van der Waals surface area contributed by atoms with Gasteiger partial charge in [-0.25, -0.2) is 0 Å². The van der Waals surface area contributed by atoms with E-state index in [0.29, 0.717) is 13.2 Å². The van der Waals surface area contributed by atoms with Gasteiger partial charge in [0.15, 0.2) is 0 Å². The quantitative estimate of drug-likeness (QED) is 0.808. The minimum atomic E-state index is -0.746. The van der Waals surface area contributed by atoms with Crippen LogP contribution in [0.4, 0.5) is 0 Å². The first-order chi connectivity index (χ1) is 8.22. The molecule has 0 saturated carbocycles. The monoisotopic (exact) mass is 238 g/mol. The maximum Gasteiger partial charge on any atom is 0.111 e. The maximum atomic E-state index is 9.79. The third-order valence-corrected chi connectivity index (χ3v) is 3.13. The summed E-state index contributed by atoms with van der Waals surface area (Å²) in [5.41, 5.74) is 2.27. The molecule has 94 valence electrons. The zero-order valence-electron chi connectivity index (χ0n) is 9.87. The Labute approximate surface area is 101 Å². The lowest BCUT2D eigenvalue weighted by Gasteiger charge is -2.17. The van der Waals surface area contributed by atoms with Crippen molar-refractivity contribution >= 4 is 0 Å². The topological polar surface area (TPSA) is 58.9 Å². The molecule has 3 atom stereocenters. The van der Waals surface area contributed by atoms with Crippen LogP contribution in [0.25, 0.3) is 0 Å². The first-order valence-corrected chi connectivity index (χ1v) is 5.79. The summed E-state index contributed by atoms with van der Waals surface area (Å²) in [4.78, 5) is 0. The third kappa shape index (κ3) is 2.84. The molecule has 1 fully saturated rings. The predicted molar refractivity (Wildman–Crippen MR) is 62.6 cm³/mol. The number of hydrogen-bond acceptors (Lipinski definition) is 4. The Balaban J connectivity index is 1.89. The summed E-state index contributed by atoms with van der Waals surface area (Å²) in [7, 11) is 0. The maximum absolute atomic E-state index is 9.79. The second-order valence-electron chi connectivity index (χ2n) is 4.32. The molecule has 2 rings (SSSR count). The highest BCUT2D eigenvalue weighted by Crippen LogP contribution is 2.19. The smallest absolute Gasteiger partial charge is 0.111 e. The Morgan fingerprint density at radius 2 is 2.18 bits per heavy atom. The molecule has 0 bridgehead atoms. The van der Waals surface area contributed by atoms with Gasteiger partial charge in [-0.2, -0.15) is 0 Å². The fraction of sp³-hybridized carbons (Fsp3) is 0.538. The van der Waals surface area contributed by atoms with Crippen molar-refractivity contribution in [2.24, 2.45) is 0 Å². The van der Waals surface area contributed by atoms with Gasteiger partial charge >= 0.3 is 0 Å². The lowest BCUT2D eigenvalue weighted by atomic mass is 10.1. The van der Waals surface area contributed by atoms with Crippen LogP contribution in [-0.2, 0) is 16.1 Å². The standard InChI is InChI=1S/C13H18O4/c1-9-4-2-3-5-10(9)7-16-12-8-17-11(6-14)13(12)15/h2-5,11-15H,6-8H2,1H3/t11-,12+,13-/m1/s1. The van der Waals surface area contributed by atoms with Crippen LogP contribution in [-0.4, -0.2) is 41.7 Å². The molecule has 0 amide bonds. The van der Waals surface area contributed by atoms with Crippen molar-refractivity contribution < 1.29 is 19.7 Å². The molecule has 4 nitrogen and oxygen atoms in total. The molecule has 17 heavy (non-hydrogen) atoms. The number of aryl methyl sites for hydroxylation is 1. The summed E-state index contributed by atoms with van der Waals surface area (Å²) in [5, 5.41) is 18.7. The summed E-state index contributed by atoms with van der Waals surface area (Å²) in [5.74, 6) is 0. The van der Waals surface area contributed by atoms with Crippen LogP contribution >= 0.6 is 0 Å². The van der Waals surface area contributed by atoms with Crippen LogP contribution in [0, 0.1) is 6.92 Å². The SMILES string of the molecule is Cc1ccccc1CO[C@H]1CO[C@H](CO)[C@H]1O. The number of rotatable bonds is 4. The molecule has 0 spiro atoms. The Kier molecular flexibility index (Phi) is 4.12. The van der Waals surface area contributed by atoms with Crippen LogP contribution < -0.4 is 0 Å². The van der Waals surface area contributed by atoms with Crippen LogP contribution in [0.15, 0.2) is 24.3 Å². The molecule has 0 unspecified atom stereocenters. The van der Waals surface area contributed by atoms with Crippen LogP contribution in [0.2, 0.25) is 0 Å². The molecule has 2 N–H and O–H groups in total. The van der Waals surface area contributed by atoms with Gasteiger partial charge in [-0.05, 0) is 18.1 Å². The van der Waals surface area contributed by atoms with Crippen LogP contribution in [0.5, 0.6) is 0 Å². The van der Waals surface area contributed by atoms with Crippen molar-refractivity contribution in [1.82, 2.24) is 0 Å². The van der Waals surface area contributed by atoms with Crippen LogP contribution in [0.1, 0.15) is 11.1 Å². The molecule has 1 aliphatic rings. The zero-order chi connectivity index (χ0) is 12.3. The van der Waals surface area contributed by atoms with Crippen molar-refractivity contribution in [3.8, 4) is 0 Å². The number of benzene rings is 1. The minimum absolute atomic E-state index is 0.175. The molecule has 0 aromatic heterocycles. The molecule has 1 heterocycles. The second-order valence-corrected chi connectivity index (χ2v) is 4.32. The van der Waals surface area contributed by atoms with Gasteiger partial charge in [-0.1, -0.05) is 24.3 Å². The average Bonchev–Trinajstić information content (AvgIpc) is 2.69. The van der Waals surface area contributed by atoms with E-state index >= 15 is 0 Å². The van der Waals surface area contributed by atoms with E-state index in [1.807, 2.05) is 31.2 Å². The Morgan fingerprint density at radius 3 is 2.82 bits per heavy atom. The van der Waals surface area contributed by atoms with Gasteiger partial charge in [-0.15, -0.1) is 0 Å². The van der Waals surface area contributed by atoms with Crippen molar-refractivity contribution in [2.45, 2.75) is 31.8 Å². The van der Waals surface area contributed by atoms with E-state index in [2.05, 4.69) is 0 Å². The highest BCUT2D eigenvalue weighted by Gasteiger charge is 2.36. The molecule has 1 aromatic rings. The summed E-state index contributed by atoms with van der Waals surface area (Å²) in [6.07, 6.45) is -1.62. The molecule has 1 aromatic carbocycles. The van der Waals surface area contributed by atoms with Gasteiger partial charge in [0, 0.05) is 0 Å². The minimum Gasteiger partial charge on any atom is -0.394 e. The average molecular weight is 238 g/mol. The number of aliphatic hydroxyl groups is 2. The van der Waals surface area contributed by atoms with Gasteiger partial charge in [-0.3, -0.25) is 0 Å². The predicted octanol–water partition coefficient (Wildman–Crippen LogP) is 0.632. The summed E-state index contributed by atoms with van der Waals surface area (Å²) in [6, 6.07) is 7.97. The van der Waals surface area contributed by atoms with Gasteiger partial charge in [0.25, 0.3) is 0 Å². The summed E-state index contributed by atoms with van der Waals surface area (Å²) < 4.78 is 10.8.